The molecule has 23 heavy (non-hydrogen) atoms. The van der Waals surface area contributed by atoms with Gasteiger partial charge in [0.1, 0.15) is 17.8 Å². The average molecular weight is 324 g/mol. The van der Waals surface area contributed by atoms with E-state index in [1.54, 1.807) is 21.1 Å². The molecule has 4 atom stereocenters. The Labute approximate surface area is 132 Å². The Morgan fingerprint density at radius 3 is 2.70 bits per heavy atom. The molecule has 2 saturated heterocycles. The number of ether oxygens (including phenoxy) is 4. The van der Waals surface area contributed by atoms with Crippen molar-refractivity contribution < 1.29 is 18.9 Å². The number of H-pyrrole nitrogens is 1. The molecule has 2 aliphatic heterocycles. The SMILES string of the molecule is COC[C@@]12OC(n3cc(C)c(=O)[nH]c3=O)C(OC13CC3)C2OC. The summed E-state index contributed by atoms with van der Waals surface area (Å²) in [6.45, 7) is 1.97. The lowest BCUT2D eigenvalue weighted by Gasteiger charge is -2.38. The van der Waals surface area contributed by atoms with Gasteiger partial charge < -0.3 is 18.9 Å². The second-order valence-corrected chi connectivity index (χ2v) is 6.54. The minimum absolute atomic E-state index is 0.325. The summed E-state index contributed by atoms with van der Waals surface area (Å²) in [5, 5.41) is 0. The maximum absolute atomic E-state index is 12.2. The van der Waals surface area contributed by atoms with E-state index in [0.717, 1.165) is 12.8 Å². The quantitative estimate of drug-likeness (QED) is 0.818. The normalized spacial score (nSPS) is 36.7. The summed E-state index contributed by atoms with van der Waals surface area (Å²) in [5.41, 5.74) is -1.59. The highest BCUT2D eigenvalue weighted by Crippen LogP contribution is 2.64. The molecule has 1 saturated carbocycles. The molecule has 1 spiro atoms. The first kappa shape index (κ1) is 15.1. The van der Waals surface area contributed by atoms with Crippen molar-refractivity contribution in [1.82, 2.24) is 9.55 Å². The number of methoxy groups -OCH3 is 2. The van der Waals surface area contributed by atoms with Crippen LogP contribution in [-0.4, -0.2) is 53.8 Å². The average Bonchev–Trinajstić information content (AvgIpc) is 3.15. The van der Waals surface area contributed by atoms with E-state index in [2.05, 4.69) is 4.98 Å². The smallest absolute Gasteiger partial charge is 0.330 e. The molecule has 8 heteroatoms. The Hall–Kier alpha value is -1.48. The van der Waals surface area contributed by atoms with Gasteiger partial charge in [-0.3, -0.25) is 14.3 Å². The monoisotopic (exact) mass is 324 g/mol. The van der Waals surface area contributed by atoms with Crippen LogP contribution in [0.1, 0.15) is 24.6 Å². The summed E-state index contributed by atoms with van der Waals surface area (Å²) in [6, 6.07) is 0. The molecular formula is C15H20N2O6. The molecule has 1 N–H and O–H groups in total. The Kier molecular flexibility index (Phi) is 3.12. The summed E-state index contributed by atoms with van der Waals surface area (Å²) >= 11 is 0. The molecule has 3 heterocycles. The maximum Gasteiger partial charge on any atom is 0.330 e. The predicted molar refractivity (Wildman–Crippen MR) is 78.4 cm³/mol. The lowest BCUT2D eigenvalue weighted by atomic mass is 9.91. The largest absolute Gasteiger partial charge is 0.381 e. The summed E-state index contributed by atoms with van der Waals surface area (Å²) in [5.74, 6) is 0. The Bertz CT molecular complexity index is 751. The highest BCUT2D eigenvalue weighted by molar-refractivity contribution is 5.26. The molecule has 2 bridgehead atoms. The molecule has 3 aliphatic rings. The third-order valence-corrected chi connectivity index (χ3v) is 5.24. The van der Waals surface area contributed by atoms with Gasteiger partial charge in [-0.05, 0) is 19.8 Å². The zero-order chi connectivity index (χ0) is 16.4. The first-order valence-electron chi connectivity index (χ1n) is 7.67. The molecule has 4 rings (SSSR count). The van der Waals surface area contributed by atoms with E-state index >= 15 is 0 Å². The molecule has 0 radical (unpaired) electrons. The van der Waals surface area contributed by atoms with Crippen LogP contribution in [0, 0.1) is 6.92 Å². The van der Waals surface area contributed by atoms with Crippen LogP contribution in [0.3, 0.4) is 0 Å². The topological polar surface area (TPSA) is 91.8 Å². The minimum atomic E-state index is -0.727. The third kappa shape index (κ3) is 1.80. The Morgan fingerprint density at radius 1 is 1.35 bits per heavy atom. The van der Waals surface area contributed by atoms with E-state index in [1.807, 2.05) is 0 Å². The molecule has 1 aliphatic carbocycles. The van der Waals surface area contributed by atoms with Crippen molar-refractivity contribution in [1.29, 1.82) is 0 Å². The van der Waals surface area contributed by atoms with Crippen LogP contribution in [0.25, 0.3) is 0 Å². The number of fused-ring (bicyclic) bond motifs is 3. The predicted octanol–water partition coefficient (Wildman–Crippen LogP) is -0.295. The van der Waals surface area contributed by atoms with E-state index in [4.69, 9.17) is 18.9 Å². The number of nitrogens with one attached hydrogen (secondary N) is 1. The van der Waals surface area contributed by atoms with Gasteiger partial charge in [0.05, 0.1) is 6.61 Å². The van der Waals surface area contributed by atoms with E-state index in [-0.39, 0.29) is 11.7 Å². The van der Waals surface area contributed by atoms with Crippen LogP contribution in [-0.2, 0) is 18.9 Å². The zero-order valence-electron chi connectivity index (χ0n) is 13.3. The van der Waals surface area contributed by atoms with Gasteiger partial charge in [-0.1, -0.05) is 0 Å². The lowest BCUT2D eigenvalue weighted by Crippen LogP contribution is -2.53. The summed E-state index contributed by atoms with van der Waals surface area (Å²) in [6.07, 6.45) is 1.89. The number of hydrogen-bond donors (Lipinski definition) is 1. The third-order valence-electron chi connectivity index (χ3n) is 5.24. The fourth-order valence-corrected chi connectivity index (χ4v) is 4.04. The molecule has 0 aromatic carbocycles. The van der Waals surface area contributed by atoms with Crippen LogP contribution in [0.15, 0.2) is 15.8 Å². The van der Waals surface area contributed by atoms with Crippen LogP contribution in [0.2, 0.25) is 0 Å². The molecule has 8 nitrogen and oxygen atoms in total. The van der Waals surface area contributed by atoms with Crippen LogP contribution >= 0.6 is 0 Å². The van der Waals surface area contributed by atoms with Crippen molar-refractivity contribution in [3.8, 4) is 0 Å². The van der Waals surface area contributed by atoms with Gasteiger partial charge in [-0.25, -0.2) is 4.79 Å². The highest BCUT2D eigenvalue weighted by Gasteiger charge is 2.79. The fraction of sp³-hybridized carbons (Fsp3) is 0.733. The molecule has 3 unspecified atom stereocenters. The van der Waals surface area contributed by atoms with Gasteiger partial charge in [-0.15, -0.1) is 0 Å². The van der Waals surface area contributed by atoms with Crippen LogP contribution in [0.4, 0.5) is 0 Å². The minimum Gasteiger partial charge on any atom is -0.381 e. The van der Waals surface area contributed by atoms with Gasteiger partial charge in [0, 0.05) is 26.0 Å². The Balaban J connectivity index is 1.78. The van der Waals surface area contributed by atoms with Crippen molar-refractivity contribution >= 4 is 0 Å². The highest BCUT2D eigenvalue weighted by atomic mass is 16.7. The van der Waals surface area contributed by atoms with Crippen molar-refractivity contribution in [2.24, 2.45) is 0 Å². The first-order valence-corrected chi connectivity index (χ1v) is 7.67. The van der Waals surface area contributed by atoms with Crippen LogP contribution < -0.4 is 11.2 Å². The molecule has 0 amide bonds. The summed E-state index contributed by atoms with van der Waals surface area (Å²) in [7, 11) is 3.22. The van der Waals surface area contributed by atoms with Crippen LogP contribution in [0.5, 0.6) is 0 Å². The second-order valence-electron chi connectivity index (χ2n) is 6.54. The van der Waals surface area contributed by atoms with Gasteiger partial charge in [0.25, 0.3) is 5.56 Å². The molecular weight excluding hydrogens is 304 g/mol. The number of nitrogens with zero attached hydrogens (tertiary/aromatic N) is 1. The Morgan fingerprint density at radius 2 is 2.09 bits per heavy atom. The van der Waals surface area contributed by atoms with E-state index < -0.39 is 29.2 Å². The van der Waals surface area contributed by atoms with E-state index in [0.29, 0.717) is 12.2 Å². The molecule has 1 aromatic heterocycles. The number of aromatic amines is 1. The van der Waals surface area contributed by atoms with Gasteiger partial charge in [0.15, 0.2) is 11.8 Å². The van der Waals surface area contributed by atoms with E-state index in [1.165, 1.54) is 10.8 Å². The maximum atomic E-state index is 12.2. The van der Waals surface area contributed by atoms with Crippen molar-refractivity contribution in [2.45, 2.75) is 49.4 Å². The fourth-order valence-electron chi connectivity index (χ4n) is 4.04. The lowest BCUT2D eigenvalue weighted by molar-refractivity contribution is -0.238. The van der Waals surface area contributed by atoms with Crippen molar-refractivity contribution in [2.75, 3.05) is 20.8 Å². The summed E-state index contributed by atoms with van der Waals surface area (Å²) in [4.78, 5) is 26.1. The summed E-state index contributed by atoms with van der Waals surface area (Å²) < 4.78 is 24.9. The van der Waals surface area contributed by atoms with E-state index in [9.17, 15) is 9.59 Å². The molecule has 1 aromatic rings. The zero-order valence-corrected chi connectivity index (χ0v) is 13.3. The number of rotatable bonds is 4. The van der Waals surface area contributed by atoms with Gasteiger partial charge in [0.2, 0.25) is 0 Å². The van der Waals surface area contributed by atoms with Crippen molar-refractivity contribution in [3.63, 3.8) is 0 Å². The number of aryl methyl sites for hydroxylation is 1. The van der Waals surface area contributed by atoms with Crippen molar-refractivity contribution in [3.05, 3.63) is 32.6 Å². The standard InChI is InChI=1S/C15H20N2O6/c1-8-6-17(13(19)16-11(8)18)12-9-10(21-3)15(23-12,7-20-2)14(22-9)4-5-14/h6,9-10,12H,4-5,7H2,1-3H3,(H,16,18,19)/t9?,10?,12?,15-/m0/s1. The first-order chi connectivity index (χ1) is 11.0. The molecule has 3 fully saturated rings. The number of aromatic nitrogens is 2. The number of hydrogen-bond acceptors (Lipinski definition) is 6. The van der Waals surface area contributed by atoms with Gasteiger partial charge in [-0.2, -0.15) is 0 Å². The molecule has 126 valence electrons. The van der Waals surface area contributed by atoms with Gasteiger partial charge >= 0.3 is 5.69 Å². The second kappa shape index (κ2) is 4.76.